The number of nitrogen functional groups attached to an aromatic ring is 1. The zero-order chi connectivity index (χ0) is 16.9. The van der Waals surface area contributed by atoms with Gasteiger partial charge in [0.2, 0.25) is 0 Å². The van der Waals surface area contributed by atoms with E-state index in [1.807, 2.05) is 0 Å². The molecule has 1 rings (SSSR count). The fourth-order valence-corrected chi connectivity index (χ4v) is 3.24. The minimum absolute atomic E-state index is 0.0166. The number of non-ortho nitro benzene ring substituents is 1. The first-order valence-electron chi connectivity index (χ1n) is 7.50. The second kappa shape index (κ2) is 7.71. The van der Waals surface area contributed by atoms with Crippen LogP contribution < -0.4 is 11.1 Å². The molecule has 0 aliphatic carbocycles. The van der Waals surface area contributed by atoms with Gasteiger partial charge < -0.3 is 15.5 Å². The van der Waals surface area contributed by atoms with E-state index in [-0.39, 0.29) is 17.2 Å². The van der Waals surface area contributed by atoms with Crippen LogP contribution in [-0.2, 0) is 11.0 Å². The SMILES string of the molecule is C[SiH](C)OC(CNCc1ccc([N+](=O)[O-])cc1N)C(C)(C)C. The number of nitrogens with two attached hydrogens (primary N) is 1. The molecule has 0 bridgehead atoms. The monoisotopic (exact) mass is 325 g/mol. The Bertz CT molecular complexity index is 515. The highest BCUT2D eigenvalue weighted by Gasteiger charge is 2.25. The molecule has 0 aliphatic rings. The Morgan fingerprint density at radius 2 is 2.05 bits per heavy atom. The van der Waals surface area contributed by atoms with E-state index in [1.54, 1.807) is 6.07 Å². The normalized spacial score (nSPS) is 13.4. The van der Waals surface area contributed by atoms with E-state index in [1.165, 1.54) is 12.1 Å². The lowest BCUT2D eigenvalue weighted by molar-refractivity contribution is -0.384. The summed E-state index contributed by atoms with van der Waals surface area (Å²) in [4.78, 5) is 10.3. The Labute approximate surface area is 133 Å². The van der Waals surface area contributed by atoms with Crippen LogP contribution >= 0.6 is 0 Å². The van der Waals surface area contributed by atoms with E-state index >= 15 is 0 Å². The van der Waals surface area contributed by atoms with Crippen molar-refractivity contribution in [2.24, 2.45) is 5.41 Å². The molecule has 0 heterocycles. The van der Waals surface area contributed by atoms with Crippen molar-refractivity contribution in [1.82, 2.24) is 5.32 Å². The van der Waals surface area contributed by atoms with Crippen LogP contribution in [0, 0.1) is 15.5 Å². The molecular weight excluding hydrogens is 298 g/mol. The van der Waals surface area contributed by atoms with E-state index in [2.05, 4.69) is 39.2 Å². The number of nitro benzene ring substituents is 1. The van der Waals surface area contributed by atoms with Gasteiger partial charge in [-0.2, -0.15) is 0 Å². The molecule has 124 valence electrons. The third-order valence-corrected chi connectivity index (χ3v) is 4.26. The number of hydrogen-bond donors (Lipinski definition) is 2. The zero-order valence-corrected chi connectivity index (χ0v) is 15.2. The summed E-state index contributed by atoms with van der Waals surface area (Å²) in [6, 6.07) is 4.58. The van der Waals surface area contributed by atoms with Crippen molar-refractivity contribution in [2.75, 3.05) is 12.3 Å². The Hall–Kier alpha value is -1.44. The predicted octanol–water partition coefficient (Wildman–Crippen LogP) is 2.68. The molecule has 0 amide bonds. The largest absolute Gasteiger partial charge is 0.416 e. The molecule has 1 aromatic carbocycles. The Morgan fingerprint density at radius 1 is 1.41 bits per heavy atom. The van der Waals surface area contributed by atoms with Gasteiger partial charge in [-0.25, -0.2) is 0 Å². The van der Waals surface area contributed by atoms with Gasteiger partial charge >= 0.3 is 0 Å². The second-order valence-electron chi connectivity index (χ2n) is 6.81. The highest BCUT2D eigenvalue weighted by atomic mass is 28.3. The van der Waals surface area contributed by atoms with Gasteiger partial charge in [-0.1, -0.05) is 20.8 Å². The quantitative estimate of drug-likeness (QED) is 0.348. The van der Waals surface area contributed by atoms with Gasteiger partial charge in [-0.05, 0) is 30.1 Å². The summed E-state index contributed by atoms with van der Waals surface area (Å²) in [6.45, 7) is 12.1. The summed E-state index contributed by atoms with van der Waals surface area (Å²) < 4.78 is 6.09. The predicted molar refractivity (Wildman–Crippen MR) is 92.4 cm³/mol. The van der Waals surface area contributed by atoms with Crippen LogP contribution in [-0.4, -0.2) is 26.6 Å². The van der Waals surface area contributed by atoms with Crippen molar-refractivity contribution >= 4 is 20.4 Å². The lowest BCUT2D eigenvalue weighted by Crippen LogP contribution is -2.41. The third-order valence-electron chi connectivity index (χ3n) is 3.39. The molecule has 0 aliphatic heterocycles. The van der Waals surface area contributed by atoms with Gasteiger partial charge in [0.1, 0.15) is 0 Å². The molecule has 22 heavy (non-hydrogen) atoms. The van der Waals surface area contributed by atoms with Gasteiger partial charge in [-0.3, -0.25) is 10.1 Å². The van der Waals surface area contributed by atoms with Crippen LogP contribution in [0.15, 0.2) is 18.2 Å². The summed E-state index contributed by atoms with van der Waals surface area (Å²) in [6.07, 6.45) is 0.137. The van der Waals surface area contributed by atoms with E-state index in [0.717, 1.165) is 12.1 Å². The van der Waals surface area contributed by atoms with Crippen LogP contribution in [0.2, 0.25) is 13.1 Å². The number of anilines is 1. The Kier molecular flexibility index (Phi) is 6.52. The first-order chi connectivity index (χ1) is 10.1. The lowest BCUT2D eigenvalue weighted by atomic mass is 9.89. The fraction of sp³-hybridized carbons (Fsp3) is 0.600. The van der Waals surface area contributed by atoms with E-state index in [4.69, 9.17) is 10.2 Å². The molecule has 6 nitrogen and oxygen atoms in total. The summed E-state index contributed by atoms with van der Waals surface area (Å²) in [5.74, 6) is 0. The van der Waals surface area contributed by atoms with E-state index in [0.29, 0.717) is 12.2 Å². The molecular formula is C15H27N3O3Si. The highest BCUT2D eigenvalue weighted by Crippen LogP contribution is 2.23. The van der Waals surface area contributed by atoms with Gasteiger partial charge in [-0.15, -0.1) is 0 Å². The molecule has 0 aromatic heterocycles. The van der Waals surface area contributed by atoms with Gasteiger partial charge in [0.15, 0.2) is 9.04 Å². The number of nitrogens with one attached hydrogen (secondary N) is 1. The Balaban J connectivity index is 2.63. The maximum Gasteiger partial charge on any atom is 0.271 e. The summed E-state index contributed by atoms with van der Waals surface area (Å²) in [7, 11) is -1.11. The molecule has 0 spiro atoms. The molecule has 1 atom stereocenters. The van der Waals surface area contributed by atoms with Crippen molar-refractivity contribution < 1.29 is 9.35 Å². The first-order valence-corrected chi connectivity index (χ1v) is 10.3. The van der Waals surface area contributed by atoms with E-state index < -0.39 is 14.0 Å². The molecule has 3 N–H and O–H groups in total. The van der Waals surface area contributed by atoms with E-state index in [9.17, 15) is 10.1 Å². The number of benzene rings is 1. The van der Waals surface area contributed by atoms with Crippen molar-refractivity contribution in [3.8, 4) is 0 Å². The van der Waals surface area contributed by atoms with Crippen LogP contribution in [0.5, 0.6) is 0 Å². The number of nitro groups is 1. The molecule has 0 fully saturated rings. The smallest absolute Gasteiger partial charge is 0.271 e. The second-order valence-corrected chi connectivity index (χ2v) is 9.18. The van der Waals surface area contributed by atoms with Gasteiger partial charge in [0.25, 0.3) is 5.69 Å². The van der Waals surface area contributed by atoms with Gasteiger partial charge in [0, 0.05) is 30.9 Å². The summed E-state index contributed by atoms with van der Waals surface area (Å²) in [5, 5.41) is 14.1. The molecule has 0 saturated heterocycles. The minimum atomic E-state index is -1.11. The van der Waals surface area contributed by atoms with Crippen molar-refractivity contribution in [3.05, 3.63) is 33.9 Å². The Morgan fingerprint density at radius 3 is 2.50 bits per heavy atom. The molecule has 7 heteroatoms. The number of nitrogens with zero attached hydrogens (tertiary/aromatic N) is 1. The molecule has 1 unspecified atom stereocenters. The van der Waals surface area contributed by atoms with Crippen LogP contribution in [0.1, 0.15) is 26.3 Å². The van der Waals surface area contributed by atoms with Crippen LogP contribution in [0.25, 0.3) is 0 Å². The van der Waals surface area contributed by atoms with Gasteiger partial charge in [0.05, 0.1) is 11.0 Å². The number of hydrogen-bond acceptors (Lipinski definition) is 5. The fourth-order valence-electron chi connectivity index (χ4n) is 2.08. The average Bonchev–Trinajstić information content (AvgIpc) is 2.37. The average molecular weight is 325 g/mol. The topological polar surface area (TPSA) is 90.4 Å². The highest BCUT2D eigenvalue weighted by molar-refractivity contribution is 6.48. The summed E-state index contributed by atoms with van der Waals surface area (Å²) in [5.41, 5.74) is 7.25. The van der Waals surface area contributed by atoms with Crippen molar-refractivity contribution in [2.45, 2.75) is 46.5 Å². The zero-order valence-electron chi connectivity index (χ0n) is 14.1. The summed E-state index contributed by atoms with van der Waals surface area (Å²) >= 11 is 0. The lowest BCUT2D eigenvalue weighted by Gasteiger charge is -2.33. The molecule has 1 aromatic rings. The third kappa shape index (κ3) is 5.74. The van der Waals surface area contributed by atoms with Crippen LogP contribution in [0.4, 0.5) is 11.4 Å². The molecule has 0 saturated carbocycles. The molecule has 0 radical (unpaired) electrons. The van der Waals surface area contributed by atoms with Crippen LogP contribution in [0.3, 0.4) is 0 Å². The van der Waals surface area contributed by atoms with Crippen molar-refractivity contribution in [1.29, 1.82) is 0 Å². The first kappa shape index (κ1) is 18.6. The van der Waals surface area contributed by atoms with Crippen molar-refractivity contribution in [3.63, 3.8) is 0 Å². The standard InChI is InChI=1S/C15H27N3O3Si/c1-15(2,3)14(21-22(4)5)10-17-9-11-6-7-12(18(19)20)8-13(11)16/h6-8,14,17,22H,9-10,16H2,1-5H3. The minimum Gasteiger partial charge on any atom is -0.416 e. The number of rotatable bonds is 7. The maximum atomic E-state index is 10.7. The maximum absolute atomic E-state index is 10.7.